The van der Waals surface area contributed by atoms with Crippen LogP contribution in [0, 0.1) is 10.8 Å². The van der Waals surface area contributed by atoms with Crippen LogP contribution in [0.4, 0.5) is 0 Å². The molecule has 0 aromatic carbocycles. The maximum atomic E-state index is 7.03. The molecule has 92 valence electrons. The summed E-state index contributed by atoms with van der Waals surface area (Å²) >= 11 is 0. The molecule has 1 atom stereocenters. The van der Waals surface area contributed by atoms with Crippen molar-refractivity contribution in [3.63, 3.8) is 0 Å². The number of nitrogens with one attached hydrogen (secondary N) is 1. The van der Waals surface area contributed by atoms with Crippen LogP contribution in [-0.2, 0) is 0 Å². The Bertz CT molecular complexity index is 287. The minimum absolute atomic E-state index is 0.148. The first-order chi connectivity index (χ1) is 7.29. The molecule has 0 amide bonds. The van der Waals surface area contributed by atoms with Gasteiger partial charge in [-0.25, -0.2) is 9.98 Å². The number of hydrogen-bond donors (Lipinski definition) is 2. The van der Waals surface area contributed by atoms with Gasteiger partial charge in [0.05, 0.1) is 5.54 Å². The van der Waals surface area contributed by atoms with Crippen LogP contribution in [0.25, 0.3) is 0 Å². The van der Waals surface area contributed by atoms with Gasteiger partial charge in [0.2, 0.25) is 0 Å². The van der Waals surface area contributed by atoms with Crippen LogP contribution in [0.3, 0.4) is 0 Å². The average molecular weight is 224 g/mol. The first-order valence-corrected chi connectivity index (χ1v) is 5.64. The van der Waals surface area contributed by atoms with Crippen molar-refractivity contribution in [3.05, 3.63) is 0 Å². The lowest BCUT2D eigenvalue weighted by atomic mass is 9.77. The molecule has 0 aliphatic rings. The summed E-state index contributed by atoms with van der Waals surface area (Å²) < 4.78 is 0. The Balaban J connectivity index is 5.00. The Morgan fingerprint density at radius 3 is 2.31 bits per heavy atom. The molecule has 0 fully saturated rings. The molecule has 0 saturated carbocycles. The van der Waals surface area contributed by atoms with Gasteiger partial charge in [-0.1, -0.05) is 27.2 Å². The predicted octanol–water partition coefficient (Wildman–Crippen LogP) is 2.63. The van der Waals surface area contributed by atoms with Crippen LogP contribution in [0.15, 0.2) is 9.98 Å². The Hall–Kier alpha value is -1.03. The van der Waals surface area contributed by atoms with Crippen molar-refractivity contribution < 1.29 is 0 Å². The van der Waals surface area contributed by atoms with Crippen LogP contribution in [-0.4, -0.2) is 23.9 Å². The molecule has 0 aromatic heterocycles. The monoisotopic (exact) mass is 224 g/mol. The molecule has 0 heterocycles. The van der Waals surface area contributed by atoms with Crippen LogP contribution < -0.4 is 5.73 Å². The van der Waals surface area contributed by atoms with Crippen LogP contribution in [0.1, 0.15) is 47.5 Å². The molecule has 0 radical (unpaired) electrons. The molecule has 0 spiro atoms. The number of nitrogens with two attached hydrogens (primary N) is 1. The molecular weight excluding hydrogens is 200 g/mol. The fraction of sp³-hybridized carbons (Fsp3) is 0.750. The maximum absolute atomic E-state index is 7.03. The van der Waals surface area contributed by atoms with Gasteiger partial charge < -0.3 is 5.73 Å². The zero-order valence-corrected chi connectivity index (χ0v) is 11.0. The van der Waals surface area contributed by atoms with Crippen LogP contribution in [0.2, 0.25) is 0 Å². The number of hydrogen-bond acceptors (Lipinski definition) is 2. The molecule has 1 unspecified atom stereocenters. The van der Waals surface area contributed by atoms with E-state index in [1.165, 1.54) is 0 Å². The van der Waals surface area contributed by atoms with E-state index in [4.69, 9.17) is 11.1 Å². The summed E-state index contributed by atoms with van der Waals surface area (Å²) in [6, 6.07) is 0. The largest absolute Gasteiger partial charge is 0.319 e. The first-order valence-electron chi connectivity index (χ1n) is 5.64. The van der Waals surface area contributed by atoms with E-state index in [9.17, 15) is 0 Å². The van der Waals surface area contributed by atoms with E-state index >= 15 is 0 Å². The Morgan fingerprint density at radius 1 is 1.38 bits per heavy atom. The summed E-state index contributed by atoms with van der Waals surface area (Å²) in [4.78, 5) is 8.09. The van der Waals surface area contributed by atoms with Crippen LogP contribution >= 0.6 is 0 Å². The standard InChI is InChI=1S/C12H24N4/c1-6-11(3,4)8-12(5,14)10(15-7-2)16-9-13/h7,9,13H,6,8,14H2,1-5H3/b13-9?,15-7-,16-10-. The summed E-state index contributed by atoms with van der Waals surface area (Å²) in [5.41, 5.74) is 5.80. The molecule has 16 heavy (non-hydrogen) atoms. The van der Waals surface area contributed by atoms with Crippen molar-refractivity contribution in [2.24, 2.45) is 21.1 Å². The molecule has 0 bridgehead atoms. The van der Waals surface area contributed by atoms with Crippen molar-refractivity contribution in [2.45, 2.75) is 53.0 Å². The molecule has 4 heteroatoms. The van der Waals surface area contributed by atoms with E-state index in [0.717, 1.165) is 19.2 Å². The minimum Gasteiger partial charge on any atom is -0.319 e. The number of aliphatic imine (C=N–C) groups is 2. The molecular formula is C12H24N4. The Morgan fingerprint density at radius 2 is 1.94 bits per heavy atom. The van der Waals surface area contributed by atoms with Gasteiger partial charge in [0, 0.05) is 6.21 Å². The lowest BCUT2D eigenvalue weighted by Gasteiger charge is -2.33. The van der Waals surface area contributed by atoms with Gasteiger partial charge in [-0.05, 0) is 25.7 Å². The van der Waals surface area contributed by atoms with E-state index in [1.54, 1.807) is 6.21 Å². The molecule has 0 aromatic rings. The smallest absolute Gasteiger partial charge is 0.149 e. The van der Waals surface area contributed by atoms with E-state index in [-0.39, 0.29) is 5.41 Å². The molecule has 0 rings (SSSR count). The zero-order chi connectivity index (χ0) is 12.8. The van der Waals surface area contributed by atoms with Gasteiger partial charge in [0.25, 0.3) is 0 Å². The quantitative estimate of drug-likeness (QED) is 0.546. The van der Waals surface area contributed by atoms with Crippen LogP contribution in [0.5, 0.6) is 0 Å². The summed E-state index contributed by atoms with van der Waals surface area (Å²) in [6.07, 6.45) is 4.49. The number of rotatable bonds is 5. The second-order valence-corrected chi connectivity index (χ2v) is 5.08. The lowest BCUT2D eigenvalue weighted by molar-refractivity contribution is 0.276. The normalized spacial score (nSPS) is 17.5. The Labute approximate surface area is 98.6 Å². The molecule has 0 aliphatic heterocycles. The van der Waals surface area contributed by atoms with Crippen molar-refractivity contribution in [1.29, 1.82) is 5.41 Å². The van der Waals surface area contributed by atoms with Crippen molar-refractivity contribution in [2.75, 3.05) is 0 Å². The van der Waals surface area contributed by atoms with E-state index < -0.39 is 5.54 Å². The van der Waals surface area contributed by atoms with Gasteiger partial charge >= 0.3 is 0 Å². The topological polar surface area (TPSA) is 74.6 Å². The lowest BCUT2D eigenvalue weighted by Crippen LogP contribution is -2.47. The number of nitrogens with zero attached hydrogens (tertiary/aromatic N) is 2. The maximum Gasteiger partial charge on any atom is 0.149 e. The van der Waals surface area contributed by atoms with Gasteiger partial charge in [0.15, 0.2) is 0 Å². The fourth-order valence-corrected chi connectivity index (χ4v) is 1.71. The second-order valence-electron chi connectivity index (χ2n) is 5.08. The highest BCUT2D eigenvalue weighted by Crippen LogP contribution is 2.30. The average Bonchev–Trinajstić information content (AvgIpc) is 2.16. The van der Waals surface area contributed by atoms with Gasteiger partial charge in [0.1, 0.15) is 12.2 Å². The summed E-state index contributed by atoms with van der Waals surface area (Å²) in [5, 5.41) is 7.03. The minimum atomic E-state index is -0.594. The highest BCUT2D eigenvalue weighted by atomic mass is 15.0. The number of amidine groups is 1. The third-order valence-electron chi connectivity index (χ3n) is 2.75. The molecule has 0 aliphatic carbocycles. The summed E-state index contributed by atoms with van der Waals surface area (Å²) in [7, 11) is 0. The third-order valence-corrected chi connectivity index (χ3v) is 2.75. The van der Waals surface area contributed by atoms with Crippen molar-refractivity contribution in [3.8, 4) is 0 Å². The molecule has 4 nitrogen and oxygen atoms in total. The Kier molecular flexibility index (Phi) is 5.51. The van der Waals surface area contributed by atoms with E-state index in [2.05, 4.69) is 30.8 Å². The van der Waals surface area contributed by atoms with Gasteiger partial charge in [-0.15, -0.1) is 0 Å². The van der Waals surface area contributed by atoms with Gasteiger partial charge in [-0.2, -0.15) is 0 Å². The first kappa shape index (κ1) is 15.0. The van der Waals surface area contributed by atoms with Gasteiger partial charge in [-0.3, -0.25) is 5.41 Å². The van der Waals surface area contributed by atoms with E-state index in [1.807, 2.05) is 13.8 Å². The zero-order valence-electron chi connectivity index (χ0n) is 11.0. The fourth-order valence-electron chi connectivity index (χ4n) is 1.71. The highest BCUT2D eigenvalue weighted by Gasteiger charge is 2.32. The predicted molar refractivity (Wildman–Crippen MR) is 71.7 cm³/mol. The summed E-state index contributed by atoms with van der Waals surface area (Å²) in [5.74, 6) is 0.520. The van der Waals surface area contributed by atoms with Crippen molar-refractivity contribution in [1.82, 2.24) is 0 Å². The third kappa shape index (κ3) is 4.66. The highest BCUT2D eigenvalue weighted by molar-refractivity contribution is 5.99. The molecule has 0 saturated heterocycles. The summed E-state index contributed by atoms with van der Waals surface area (Å²) in [6.45, 7) is 10.2. The second kappa shape index (κ2) is 5.89. The SMILES string of the molecule is C/C=N\C(=N/C=N)C(C)(N)CC(C)(C)CC. The molecule has 3 N–H and O–H groups in total. The van der Waals surface area contributed by atoms with Crippen molar-refractivity contribution >= 4 is 18.4 Å². The van der Waals surface area contributed by atoms with E-state index in [0.29, 0.717) is 5.84 Å².